The molecule has 0 bridgehead atoms. The molecule has 7 heteroatoms. The Kier molecular flexibility index (Phi) is 3.30. The number of rotatable bonds is 3. The number of hydrogen-bond donors (Lipinski definition) is 2. The lowest BCUT2D eigenvalue weighted by atomic mass is 10.2. The third-order valence-corrected chi connectivity index (χ3v) is 5.33. The topological polar surface area (TPSA) is 72.2 Å². The zero-order valence-corrected chi connectivity index (χ0v) is 12.3. The summed E-state index contributed by atoms with van der Waals surface area (Å²) in [4.78, 5) is -0.101. The highest BCUT2D eigenvalue weighted by Gasteiger charge is 2.48. The normalized spacial score (nSPS) is 21.9. The number of nitrogens with two attached hydrogens (primary N) is 1. The van der Waals surface area contributed by atoms with E-state index in [-0.39, 0.29) is 27.1 Å². The highest BCUT2D eigenvalue weighted by Crippen LogP contribution is 2.45. The van der Waals surface area contributed by atoms with Crippen molar-refractivity contribution in [2.24, 2.45) is 5.41 Å². The number of benzene rings is 1. The van der Waals surface area contributed by atoms with Crippen molar-refractivity contribution < 1.29 is 8.42 Å². The molecule has 1 aliphatic carbocycles. The molecule has 4 nitrogen and oxygen atoms in total. The highest BCUT2D eigenvalue weighted by atomic mass is 35.5. The molecule has 18 heavy (non-hydrogen) atoms. The van der Waals surface area contributed by atoms with Gasteiger partial charge in [0.15, 0.2) is 0 Å². The average Bonchev–Trinajstić information content (AvgIpc) is 2.68. The Balaban J connectivity index is 2.36. The molecule has 0 saturated heterocycles. The van der Waals surface area contributed by atoms with E-state index in [1.54, 1.807) is 0 Å². The van der Waals surface area contributed by atoms with Gasteiger partial charge in [-0.25, -0.2) is 13.1 Å². The summed E-state index contributed by atoms with van der Waals surface area (Å²) >= 11 is 11.7. The average molecular weight is 309 g/mol. The number of halogens is 2. The second-order valence-electron chi connectivity index (χ2n) is 5.17. The quantitative estimate of drug-likeness (QED) is 0.843. The van der Waals surface area contributed by atoms with Crippen molar-refractivity contribution in [3.8, 4) is 0 Å². The van der Waals surface area contributed by atoms with Gasteiger partial charge in [-0.3, -0.25) is 0 Å². The fraction of sp³-hybridized carbons (Fsp3) is 0.455. The van der Waals surface area contributed by atoms with Crippen LogP contribution in [0.5, 0.6) is 0 Å². The van der Waals surface area contributed by atoms with Gasteiger partial charge >= 0.3 is 0 Å². The Morgan fingerprint density at radius 1 is 1.39 bits per heavy atom. The van der Waals surface area contributed by atoms with E-state index in [4.69, 9.17) is 28.9 Å². The Bertz CT molecular complexity index is 576. The number of anilines is 1. The molecule has 2 rings (SSSR count). The van der Waals surface area contributed by atoms with E-state index in [1.165, 1.54) is 12.1 Å². The number of nitrogen functional groups attached to an aromatic ring is 1. The van der Waals surface area contributed by atoms with Gasteiger partial charge in [-0.2, -0.15) is 0 Å². The minimum atomic E-state index is -3.71. The maximum atomic E-state index is 12.2. The minimum Gasteiger partial charge on any atom is -0.398 e. The van der Waals surface area contributed by atoms with Crippen molar-refractivity contribution in [1.29, 1.82) is 0 Å². The van der Waals surface area contributed by atoms with E-state index in [2.05, 4.69) is 4.72 Å². The summed E-state index contributed by atoms with van der Waals surface area (Å²) in [5.41, 5.74) is 5.72. The molecule has 3 N–H and O–H groups in total. The Morgan fingerprint density at radius 2 is 1.94 bits per heavy atom. The van der Waals surface area contributed by atoms with Gasteiger partial charge < -0.3 is 5.73 Å². The van der Waals surface area contributed by atoms with Gasteiger partial charge in [-0.05, 0) is 24.0 Å². The molecule has 0 radical (unpaired) electrons. The summed E-state index contributed by atoms with van der Waals surface area (Å²) in [6, 6.07) is 2.67. The predicted octanol–water partition coefficient (Wildman–Crippen LogP) is 2.65. The molecular formula is C11H14Cl2N2O2S. The van der Waals surface area contributed by atoms with E-state index in [0.29, 0.717) is 5.02 Å². The summed E-state index contributed by atoms with van der Waals surface area (Å²) in [6.07, 6.45) is 0.803. The Morgan fingerprint density at radius 3 is 2.39 bits per heavy atom. The van der Waals surface area contributed by atoms with Gasteiger partial charge in [0.2, 0.25) is 10.0 Å². The van der Waals surface area contributed by atoms with Crippen LogP contribution in [0.15, 0.2) is 17.0 Å². The number of sulfonamides is 1. The lowest BCUT2D eigenvalue weighted by Gasteiger charge is -2.12. The van der Waals surface area contributed by atoms with E-state index < -0.39 is 10.0 Å². The zero-order valence-electron chi connectivity index (χ0n) is 10.00. The van der Waals surface area contributed by atoms with Gasteiger partial charge in [0.25, 0.3) is 0 Å². The van der Waals surface area contributed by atoms with Crippen molar-refractivity contribution in [2.75, 3.05) is 5.73 Å². The largest absolute Gasteiger partial charge is 0.398 e. The second-order valence-corrected chi connectivity index (χ2v) is 7.67. The molecule has 1 aromatic carbocycles. The van der Waals surface area contributed by atoms with E-state index in [0.717, 1.165) is 6.42 Å². The molecule has 1 aromatic rings. The van der Waals surface area contributed by atoms with Crippen LogP contribution in [0.1, 0.15) is 20.3 Å². The molecule has 0 heterocycles. The first-order valence-electron chi connectivity index (χ1n) is 5.40. The van der Waals surface area contributed by atoms with Crippen molar-refractivity contribution in [3.05, 3.63) is 22.2 Å². The Labute approximate surface area is 117 Å². The van der Waals surface area contributed by atoms with Crippen LogP contribution in [0.25, 0.3) is 0 Å². The van der Waals surface area contributed by atoms with Crippen LogP contribution in [-0.2, 0) is 10.0 Å². The van der Waals surface area contributed by atoms with Crippen LogP contribution < -0.4 is 10.5 Å². The van der Waals surface area contributed by atoms with Gasteiger partial charge in [-0.15, -0.1) is 0 Å². The first-order valence-corrected chi connectivity index (χ1v) is 7.64. The first-order chi connectivity index (χ1) is 8.13. The van der Waals surface area contributed by atoms with Gasteiger partial charge in [-0.1, -0.05) is 37.0 Å². The summed E-state index contributed by atoms with van der Waals surface area (Å²) in [6.45, 7) is 3.99. The van der Waals surface area contributed by atoms with Crippen molar-refractivity contribution in [3.63, 3.8) is 0 Å². The smallest absolute Gasteiger partial charge is 0.244 e. The van der Waals surface area contributed by atoms with E-state index >= 15 is 0 Å². The molecule has 0 amide bonds. The second kappa shape index (κ2) is 4.27. The molecular weight excluding hydrogens is 295 g/mol. The maximum absolute atomic E-state index is 12.2. The summed E-state index contributed by atoms with van der Waals surface area (Å²) < 4.78 is 27.0. The first kappa shape index (κ1) is 13.9. The molecule has 1 atom stereocenters. The highest BCUT2D eigenvalue weighted by molar-refractivity contribution is 7.89. The lowest BCUT2D eigenvalue weighted by molar-refractivity contribution is 0.555. The molecule has 100 valence electrons. The molecule has 0 aliphatic heterocycles. The molecule has 0 aromatic heterocycles. The van der Waals surface area contributed by atoms with Gasteiger partial charge in [0.1, 0.15) is 4.90 Å². The predicted molar refractivity (Wildman–Crippen MR) is 73.4 cm³/mol. The summed E-state index contributed by atoms with van der Waals surface area (Å²) in [7, 11) is -3.71. The SMILES string of the molecule is CC1(C)CC1NS(=O)(=O)c1c(N)cc(Cl)cc1Cl. The summed E-state index contributed by atoms with van der Waals surface area (Å²) in [5.74, 6) is 0. The monoisotopic (exact) mass is 308 g/mol. The molecule has 1 aliphatic rings. The van der Waals surface area contributed by atoms with E-state index in [1.807, 2.05) is 13.8 Å². The van der Waals surface area contributed by atoms with E-state index in [9.17, 15) is 8.42 Å². The van der Waals surface area contributed by atoms with Crippen LogP contribution in [0, 0.1) is 5.41 Å². The van der Waals surface area contributed by atoms with Crippen LogP contribution in [0.2, 0.25) is 10.0 Å². The van der Waals surface area contributed by atoms with Crippen molar-refractivity contribution >= 4 is 38.9 Å². The molecule has 1 fully saturated rings. The zero-order chi connectivity index (χ0) is 13.7. The third-order valence-electron chi connectivity index (χ3n) is 3.12. The van der Waals surface area contributed by atoms with Crippen molar-refractivity contribution in [2.45, 2.75) is 31.2 Å². The van der Waals surface area contributed by atoms with Crippen LogP contribution >= 0.6 is 23.2 Å². The van der Waals surface area contributed by atoms with Crippen LogP contribution in [0.4, 0.5) is 5.69 Å². The van der Waals surface area contributed by atoms with Gasteiger partial charge in [0.05, 0.1) is 10.7 Å². The minimum absolute atomic E-state index is 0.0132. The Hall–Kier alpha value is -0.490. The molecule has 0 spiro atoms. The fourth-order valence-corrected chi connectivity index (χ4v) is 4.17. The van der Waals surface area contributed by atoms with Crippen LogP contribution in [0.3, 0.4) is 0 Å². The summed E-state index contributed by atoms with van der Waals surface area (Å²) in [5, 5.41) is 0.342. The number of nitrogens with one attached hydrogen (secondary N) is 1. The number of hydrogen-bond acceptors (Lipinski definition) is 3. The van der Waals surface area contributed by atoms with Crippen molar-refractivity contribution in [1.82, 2.24) is 4.72 Å². The maximum Gasteiger partial charge on any atom is 0.244 e. The molecule has 1 saturated carbocycles. The fourth-order valence-electron chi connectivity index (χ4n) is 1.78. The lowest BCUT2D eigenvalue weighted by Crippen LogP contribution is -2.29. The van der Waals surface area contributed by atoms with Gasteiger partial charge in [0, 0.05) is 11.1 Å². The third kappa shape index (κ3) is 2.59. The standard InChI is InChI=1S/C11H14Cl2N2O2S/c1-11(2)5-9(11)15-18(16,17)10-7(13)3-6(12)4-8(10)14/h3-4,9,15H,5,14H2,1-2H3. The van der Waals surface area contributed by atoms with Crippen LogP contribution in [-0.4, -0.2) is 14.5 Å². The molecule has 1 unspecified atom stereocenters.